The maximum atomic E-state index is 12.5. The number of nitrogens with zero attached hydrogens (tertiary/aromatic N) is 2. The first-order valence-electron chi connectivity index (χ1n) is 7.84. The van der Waals surface area contributed by atoms with Crippen LogP contribution in [-0.4, -0.2) is 55.0 Å². The summed E-state index contributed by atoms with van der Waals surface area (Å²) in [6.45, 7) is 0.672. The van der Waals surface area contributed by atoms with Gasteiger partial charge in [0.25, 0.3) is 0 Å². The Kier molecular flexibility index (Phi) is 5.78. The zero-order valence-electron chi connectivity index (χ0n) is 13.9. The molecule has 130 valence electrons. The molecule has 0 spiro atoms. The predicted molar refractivity (Wildman–Crippen MR) is 88.0 cm³/mol. The number of aliphatic carboxylic acids is 1. The van der Waals surface area contributed by atoms with Crippen molar-refractivity contribution in [2.45, 2.75) is 19.3 Å². The van der Waals surface area contributed by atoms with Crippen LogP contribution in [0.5, 0.6) is 5.75 Å². The van der Waals surface area contributed by atoms with Gasteiger partial charge in [0, 0.05) is 33.0 Å². The third-order valence-corrected chi connectivity index (χ3v) is 4.11. The smallest absolute Gasteiger partial charge is 0.303 e. The minimum Gasteiger partial charge on any atom is -0.495 e. The second-order valence-corrected chi connectivity index (χ2v) is 5.83. The van der Waals surface area contributed by atoms with Gasteiger partial charge in [0.15, 0.2) is 0 Å². The molecule has 1 unspecified atom stereocenters. The van der Waals surface area contributed by atoms with Crippen LogP contribution in [-0.2, 0) is 14.4 Å². The second kappa shape index (κ2) is 7.81. The number of benzene rings is 1. The highest BCUT2D eigenvalue weighted by atomic mass is 16.5. The van der Waals surface area contributed by atoms with Gasteiger partial charge in [0.2, 0.25) is 11.8 Å². The summed E-state index contributed by atoms with van der Waals surface area (Å²) in [5.41, 5.74) is 0.661. The number of hydrogen-bond acceptors (Lipinski definition) is 4. The molecule has 1 N–H and O–H groups in total. The number of amides is 2. The van der Waals surface area contributed by atoms with Crippen molar-refractivity contribution in [1.82, 2.24) is 4.90 Å². The number of carbonyl (C=O) groups is 3. The van der Waals surface area contributed by atoms with E-state index in [-0.39, 0.29) is 24.7 Å². The Morgan fingerprint density at radius 1 is 1.38 bits per heavy atom. The molecule has 24 heavy (non-hydrogen) atoms. The lowest BCUT2D eigenvalue weighted by atomic mass is 10.1. The Morgan fingerprint density at radius 3 is 2.75 bits per heavy atom. The quantitative estimate of drug-likeness (QED) is 0.814. The zero-order valence-corrected chi connectivity index (χ0v) is 13.9. The van der Waals surface area contributed by atoms with Crippen molar-refractivity contribution in [2.75, 3.05) is 32.1 Å². The van der Waals surface area contributed by atoms with E-state index in [1.807, 2.05) is 12.1 Å². The van der Waals surface area contributed by atoms with Gasteiger partial charge in [-0.15, -0.1) is 0 Å². The number of rotatable bonds is 7. The molecule has 7 heteroatoms. The average molecular weight is 334 g/mol. The third kappa shape index (κ3) is 4.04. The maximum Gasteiger partial charge on any atom is 0.303 e. The number of carboxylic acids is 1. The van der Waals surface area contributed by atoms with Crippen LogP contribution >= 0.6 is 0 Å². The molecule has 1 aliphatic heterocycles. The summed E-state index contributed by atoms with van der Waals surface area (Å²) in [5, 5.41) is 8.65. The van der Waals surface area contributed by atoms with Crippen LogP contribution in [0.1, 0.15) is 19.3 Å². The third-order valence-electron chi connectivity index (χ3n) is 4.11. The Morgan fingerprint density at radius 2 is 2.08 bits per heavy atom. The van der Waals surface area contributed by atoms with Gasteiger partial charge < -0.3 is 19.6 Å². The van der Waals surface area contributed by atoms with Crippen LogP contribution < -0.4 is 9.64 Å². The van der Waals surface area contributed by atoms with E-state index >= 15 is 0 Å². The summed E-state index contributed by atoms with van der Waals surface area (Å²) < 4.78 is 5.28. The van der Waals surface area contributed by atoms with Crippen molar-refractivity contribution in [3.8, 4) is 5.75 Å². The molecule has 0 aromatic heterocycles. The highest BCUT2D eigenvalue weighted by Crippen LogP contribution is 2.33. The van der Waals surface area contributed by atoms with Gasteiger partial charge >= 0.3 is 5.97 Å². The lowest BCUT2D eigenvalue weighted by Gasteiger charge is -2.22. The molecule has 0 aliphatic carbocycles. The van der Waals surface area contributed by atoms with E-state index in [0.717, 1.165) is 0 Å². The van der Waals surface area contributed by atoms with E-state index in [4.69, 9.17) is 9.84 Å². The van der Waals surface area contributed by atoms with Crippen molar-refractivity contribution in [3.63, 3.8) is 0 Å². The molecular weight excluding hydrogens is 312 g/mol. The number of carboxylic acid groups (broad SMARTS) is 1. The first-order chi connectivity index (χ1) is 11.4. The van der Waals surface area contributed by atoms with Crippen LogP contribution in [0, 0.1) is 5.92 Å². The summed E-state index contributed by atoms with van der Waals surface area (Å²) in [6.07, 6.45) is 0.573. The van der Waals surface area contributed by atoms with Crippen molar-refractivity contribution in [2.24, 2.45) is 5.92 Å². The molecule has 1 aliphatic rings. The number of ether oxygens (including phenoxy) is 1. The zero-order chi connectivity index (χ0) is 17.7. The number of carbonyl (C=O) groups excluding carboxylic acids is 2. The number of methoxy groups -OCH3 is 1. The van der Waals surface area contributed by atoms with E-state index in [2.05, 4.69) is 0 Å². The molecule has 1 aromatic carbocycles. The van der Waals surface area contributed by atoms with Crippen LogP contribution in [0.25, 0.3) is 0 Å². The van der Waals surface area contributed by atoms with Gasteiger partial charge in [-0.1, -0.05) is 12.1 Å². The molecule has 1 fully saturated rings. The van der Waals surface area contributed by atoms with Gasteiger partial charge in [-0.3, -0.25) is 14.4 Å². The van der Waals surface area contributed by atoms with E-state index in [9.17, 15) is 14.4 Å². The van der Waals surface area contributed by atoms with Crippen LogP contribution in [0.4, 0.5) is 5.69 Å². The van der Waals surface area contributed by atoms with Gasteiger partial charge in [-0.25, -0.2) is 0 Å². The highest BCUT2D eigenvalue weighted by Gasteiger charge is 2.37. The number of para-hydroxylation sites is 2. The predicted octanol–water partition coefficient (Wildman–Crippen LogP) is 1.37. The molecule has 0 saturated carbocycles. The van der Waals surface area contributed by atoms with Gasteiger partial charge in [0.05, 0.1) is 18.7 Å². The van der Waals surface area contributed by atoms with E-state index < -0.39 is 11.9 Å². The molecule has 0 radical (unpaired) electrons. The average Bonchev–Trinajstić information content (AvgIpc) is 2.95. The van der Waals surface area contributed by atoms with E-state index in [1.165, 1.54) is 12.0 Å². The Balaban J connectivity index is 2.01. The number of hydrogen-bond donors (Lipinski definition) is 1. The Hall–Kier alpha value is -2.57. The Bertz CT molecular complexity index is 631. The minimum absolute atomic E-state index is 0.0224. The minimum atomic E-state index is -0.880. The molecule has 0 bridgehead atoms. The molecular formula is C17H22N2O5. The van der Waals surface area contributed by atoms with Gasteiger partial charge in [-0.05, 0) is 18.6 Å². The highest BCUT2D eigenvalue weighted by molar-refractivity contribution is 6.01. The first-order valence-corrected chi connectivity index (χ1v) is 7.84. The molecule has 1 heterocycles. The van der Waals surface area contributed by atoms with Crippen molar-refractivity contribution >= 4 is 23.5 Å². The first kappa shape index (κ1) is 17.8. The van der Waals surface area contributed by atoms with Crippen molar-refractivity contribution in [3.05, 3.63) is 24.3 Å². The Labute approximate surface area is 140 Å². The van der Waals surface area contributed by atoms with Crippen LogP contribution in [0.3, 0.4) is 0 Å². The van der Waals surface area contributed by atoms with Crippen LogP contribution in [0.2, 0.25) is 0 Å². The molecule has 1 saturated heterocycles. The summed E-state index contributed by atoms with van der Waals surface area (Å²) in [5.74, 6) is -0.955. The standard InChI is InChI=1S/C17H22N2O5/c1-18(9-5-8-16(21)22)17(23)12-10-15(20)19(11-12)13-6-3-4-7-14(13)24-2/h3-4,6-7,12H,5,8-11H2,1-2H3,(H,21,22). The van der Waals surface area contributed by atoms with Gasteiger partial charge in [-0.2, -0.15) is 0 Å². The lowest BCUT2D eigenvalue weighted by molar-refractivity contribution is -0.138. The number of anilines is 1. The fourth-order valence-corrected chi connectivity index (χ4v) is 2.85. The maximum absolute atomic E-state index is 12.5. The molecule has 2 rings (SSSR count). The molecule has 1 atom stereocenters. The van der Waals surface area contributed by atoms with E-state index in [0.29, 0.717) is 30.9 Å². The fourth-order valence-electron chi connectivity index (χ4n) is 2.85. The van der Waals surface area contributed by atoms with E-state index in [1.54, 1.807) is 24.1 Å². The monoisotopic (exact) mass is 334 g/mol. The van der Waals surface area contributed by atoms with Crippen molar-refractivity contribution in [1.29, 1.82) is 0 Å². The largest absolute Gasteiger partial charge is 0.495 e. The summed E-state index contributed by atoms with van der Waals surface area (Å²) >= 11 is 0. The molecule has 2 amide bonds. The molecule has 1 aromatic rings. The van der Waals surface area contributed by atoms with Gasteiger partial charge in [0.1, 0.15) is 5.75 Å². The SMILES string of the molecule is COc1ccccc1N1CC(C(=O)N(C)CCCC(=O)O)CC1=O. The second-order valence-electron chi connectivity index (χ2n) is 5.83. The normalized spacial score (nSPS) is 17.0. The summed E-state index contributed by atoms with van der Waals surface area (Å²) in [4.78, 5) is 38.4. The topological polar surface area (TPSA) is 87.2 Å². The summed E-state index contributed by atoms with van der Waals surface area (Å²) in [6, 6.07) is 7.20. The summed E-state index contributed by atoms with van der Waals surface area (Å²) in [7, 11) is 3.18. The van der Waals surface area contributed by atoms with Crippen LogP contribution in [0.15, 0.2) is 24.3 Å². The van der Waals surface area contributed by atoms with Crippen molar-refractivity contribution < 1.29 is 24.2 Å². The fraction of sp³-hybridized carbons (Fsp3) is 0.471. The lowest BCUT2D eigenvalue weighted by Crippen LogP contribution is -2.35. The molecule has 7 nitrogen and oxygen atoms in total.